The summed E-state index contributed by atoms with van der Waals surface area (Å²) in [5, 5.41) is 7.20. The number of aryl methyl sites for hydroxylation is 1. The minimum Gasteiger partial charge on any atom is -0.462 e. The first-order valence-electron chi connectivity index (χ1n) is 9.49. The molecule has 0 radical (unpaired) electrons. The molecule has 0 saturated carbocycles. The van der Waals surface area contributed by atoms with Gasteiger partial charge in [-0.25, -0.2) is 13.2 Å². The van der Waals surface area contributed by atoms with Crippen LogP contribution in [0.5, 0.6) is 0 Å². The van der Waals surface area contributed by atoms with Crippen LogP contribution < -0.4 is 5.32 Å². The molecule has 1 fully saturated rings. The van der Waals surface area contributed by atoms with Crippen molar-refractivity contribution in [2.45, 2.75) is 24.7 Å². The maximum atomic E-state index is 12.8. The Morgan fingerprint density at radius 3 is 2.47 bits per heavy atom. The summed E-state index contributed by atoms with van der Waals surface area (Å²) in [5.74, 6) is -0.973. The van der Waals surface area contributed by atoms with E-state index < -0.39 is 16.0 Å². The molecule has 2 heterocycles. The number of nitrogens with zero attached hydrogens (tertiary/aromatic N) is 3. The highest BCUT2D eigenvalue weighted by atomic mass is 35.5. The Kier molecular flexibility index (Phi) is 6.79. The number of carbonyl (C=O) groups excluding carboxylic acids is 2. The second kappa shape index (κ2) is 9.15. The number of aromatic nitrogens is 2. The molecule has 1 aliphatic rings. The summed E-state index contributed by atoms with van der Waals surface area (Å²) in [7, 11) is -2.03. The number of ether oxygens (including phenoxy) is 1. The summed E-state index contributed by atoms with van der Waals surface area (Å²) in [6, 6.07) is 6.00. The second-order valence-electron chi connectivity index (χ2n) is 6.87. The summed E-state index contributed by atoms with van der Waals surface area (Å²) in [6.07, 6.45) is 2.07. The molecule has 11 heteroatoms. The van der Waals surface area contributed by atoms with Crippen molar-refractivity contribution in [1.82, 2.24) is 14.1 Å². The van der Waals surface area contributed by atoms with Crippen LogP contribution in [0.4, 0.5) is 5.82 Å². The van der Waals surface area contributed by atoms with Gasteiger partial charge in [-0.1, -0.05) is 11.6 Å². The van der Waals surface area contributed by atoms with Crippen LogP contribution in [0, 0.1) is 5.92 Å². The van der Waals surface area contributed by atoms with Gasteiger partial charge in [0.2, 0.25) is 15.9 Å². The first-order chi connectivity index (χ1) is 14.2. The normalized spacial score (nSPS) is 15.7. The highest BCUT2D eigenvalue weighted by Crippen LogP contribution is 2.26. The van der Waals surface area contributed by atoms with Gasteiger partial charge in [-0.3, -0.25) is 9.48 Å². The van der Waals surface area contributed by atoms with E-state index in [2.05, 4.69) is 10.4 Å². The Balaban J connectivity index is 1.64. The summed E-state index contributed by atoms with van der Waals surface area (Å²) in [5.41, 5.74) is 0.176. The van der Waals surface area contributed by atoms with Crippen LogP contribution in [0.25, 0.3) is 0 Å². The molecule has 1 aliphatic heterocycles. The molecule has 1 aromatic heterocycles. The molecule has 30 heavy (non-hydrogen) atoms. The van der Waals surface area contributed by atoms with E-state index in [-0.39, 0.29) is 47.8 Å². The fourth-order valence-corrected chi connectivity index (χ4v) is 4.87. The predicted molar refractivity (Wildman–Crippen MR) is 111 cm³/mol. The van der Waals surface area contributed by atoms with Crippen molar-refractivity contribution in [2.75, 3.05) is 25.0 Å². The maximum Gasteiger partial charge on any atom is 0.343 e. The minimum absolute atomic E-state index is 0.170. The molecule has 9 nitrogen and oxygen atoms in total. The number of esters is 1. The molecular formula is C19H23ClN4O5S. The van der Waals surface area contributed by atoms with Gasteiger partial charge in [0.05, 0.1) is 17.7 Å². The lowest BCUT2D eigenvalue weighted by molar-refractivity contribution is -0.121. The maximum absolute atomic E-state index is 12.8. The number of sulfonamides is 1. The number of rotatable bonds is 6. The van der Waals surface area contributed by atoms with Gasteiger partial charge in [-0.15, -0.1) is 0 Å². The van der Waals surface area contributed by atoms with Crippen LogP contribution in [0.2, 0.25) is 5.02 Å². The van der Waals surface area contributed by atoms with Gasteiger partial charge >= 0.3 is 5.97 Å². The molecule has 1 saturated heterocycles. The van der Waals surface area contributed by atoms with Gasteiger partial charge in [0.15, 0.2) is 0 Å². The number of piperidine rings is 1. The third kappa shape index (κ3) is 4.66. The Bertz CT molecular complexity index is 1030. The molecule has 2 aromatic rings. The molecule has 1 amide bonds. The number of halogens is 1. The Morgan fingerprint density at radius 2 is 1.87 bits per heavy atom. The summed E-state index contributed by atoms with van der Waals surface area (Å²) < 4.78 is 33.3. The van der Waals surface area contributed by atoms with Crippen molar-refractivity contribution in [3.8, 4) is 0 Å². The average molecular weight is 455 g/mol. The molecule has 162 valence electrons. The zero-order chi connectivity index (χ0) is 21.9. The van der Waals surface area contributed by atoms with Crippen LogP contribution in [-0.2, 0) is 26.6 Å². The van der Waals surface area contributed by atoms with Crippen LogP contribution in [0.1, 0.15) is 30.1 Å². The number of nitrogens with one attached hydrogen (secondary N) is 1. The van der Waals surface area contributed by atoms with E-state index in [0.29, 0.717) is 17.9 Å². The predicted octanol–water partition coefficient (Wildman–Crippen LogP) is 2.29. The number of carbonyl (C=O) groups is 2. The highest BCUT2D eigenvalue weighted by molar-refractivity contribution is 7.89. The fraction of sp³-hybridized carbons (Fsp3) is 0.421. The largest absolute Gasteiger partial charge is 0.462 e. The first-order valence-corrected chi connectivity index (χ1v) is 11.3. The van der Waals surface area contributed by atoms with E-state index in [1.54, 1.807) is 14.0 Å². The lowest BCUT2D eigenvalue weighted by Gasteiger charge is -2.30. The third-order valence-electron chi connectivity index (χ3n) is 4.95. The highest BCUT2D eigenvalue weighted by Gasteiger charge is 2.33. The SMILES string of the molecule is CCOC(=O)c1cnn(C)c1NC(=O)C1CCN(S(=O)(=O)c2ccc(Cl)cc2)CC1. The molecular weight excluding hydrogens is 432 g/mol. The number of benzene rings is 1. The Labute approximate surface area is 180 Å². The summed E-state index contributed by atoms with van der Waals surface area (Å²) in [4.78, 5) is 24.9. The van der Waals surface area contributed by atoms with Crippen LogP contribution >= 0.6 is 11.6 Å². The van der Waals surface area contributed by atoms with Gasteiger partial charge in [-0.05, 0) is 44.0 Å². The van der Waals surface area contributed by atoms with E-state index in [1.165, 1.54) is 39.4 Å². The van der Waals surface area contributed by atoms with E-state index in [1.807, 2.05) is 0 Å². The van der Waals surface area contributed by atoms with Crippen molar-refractivity contribution in [3.05, 3.63) is 41.0 Å². The standard InChI is InChI=1S/C19H23ClN4O5S/c1-3-29-19(26)16-12-21-23(2)17(16)22-18(25)13-8-10-24(11-9-13)30(27,28)15-6-4-14(20)5-7-15/h4-7,12-13H,3,8-11H2,1-2H3,(H,22,25). The topological polar surface area (TPSA) is 111 Å². The third-order valence-corrected chi connectivity index (χ3v) is 7.12. The molecule has 0 bridgehead atoms. The van der Waals surface area contributed by atoms with Crippen molar-refractivity contribution >= 4 is 39.3 Å². The second-order valence-corrected chi connectivity index (χ2v) is 9.25. The zero-order valence-corrected chi connectivity index (χ0v) is 18.2. The van der Waals surface area contributed by atoms with E-state index >= 15 is 0 Å². The zero-order valence-electron chi connectivity index (χ0n) is 16.7. The lowest BCUT2D eigenvalue weighted by atomic mass is 9.97. The van der Waals surface area contributed by atoms with Crippen LogP contribution in [0.15, 0.2) is 35.4 Å². The van der Waals surface area contributed by atoms with Crippen LogP contribution in [-0.4, -0.2) is 54.1 Å². The van der Waals surface area contributed by atoms with Crippen molar-refractivity contribution in [3.63, 3.8) is 0 Å². The Hall–Kier alpha value is -2.43. The molecule has 0 spiro atoms. The molecule has 0 unspecified atom stereocenters. The van der Waals surface area contributed by atoms with Crippen molar-refractivity contribution in [1.29, 1.82) is 0 Å². The van der Waals surface area contributed by atoms with Crippen LogP contribution in [0.3, 0.4) is 0 Å². The summed E-state index contributed by atoms with van der Waals surface area (Å²) in [6.45, 7) is 2.35. The molecule has 3 rings (SSSR count). The van der Waals surface area contributed by atoms with Gasteiger partial charge in [-0.2, -0.15) is 9.40 Å². The molecule has 0 aliphatic carbocycles. The van der Waals surface area contributed by atoms with Gasteiger partial charge < -0.3 is 10.1 Å². The van der Waals surface area contributed by atoms with Gasteiger partial charge in [0.25, 0.3) is 0 Å². The lowest BCUT2D eigenvalue weighted by Crippen LogP contribution is -2.41. The Morgan fingerprint density at radius 1 is 1.23 bits per heavy atom. The monoisotopic (exact) mass is 454 g/mol. The quantitative estimate of drug-likeness (QED) is 0.670. The number of anilines is 1. The van der Waals surface area contributed by atoms with E-state index in [9.17, 15) is 18.0 Å². The van der Waals surface area contributed by atoms with Gasteiger partial charge in [0.1, 0.15) is 11.4 Å². The molecule has 0 atom stereocenters. The van der Waals surface area contributed by atoms with Gasteiger partial charge in [0, 0.05) is 31.1 Å². The van der Waals surface area contributed by atoms with E-state index in [4.69, 9.17) is 16.3 Å². The number of amides is 1. The summed E-state index contributed by atoms with van der Waals surface area (Å²) >= 11 is 5.83. The number of hydrogen-bond acceptors (Lipinski definition) is 6. The minimum atomic E-state index is -3.64. The number of hydrogen-bond donors (Lipinski definition) is 1. The smallest absolute Gasteiger partial charge is 0.343 e. The average Bonchev–Trinajstić information content (AvgIpc) is 3.09. The van der Waals surface area contributed by atoms with E-state index in [0.717, 1.165) is 0 Å². The fourth-order valence-electron chi connectivity index (χ4n) is 3.28. The van der Waals surface area contributed by atoms with Crippen molar-refractivity contribution in [2.24, 2.45) is 13.0 Å². The first kappa shape index (κ1) is 22.3. The van der Waals surface area contributed by atoms with Crippen molar-refractivity contribution < 1.29 is 22.7 Å². The molecule has 1 N–H and O–H groups in total. The molecule has 1 aromatic carbocycles.